The van der Waals surface area contributed by atoms with E-state index in [9.17, 15) is 0 Å². The van der Waals surface area contributed by atoms with Crippen LogP contribution in [-0.2, 0) is 6.54 Å². The van der Waals surface area contributed by atoms with Gasteiger partial charge in [0.1, 0.15) is 5.82 Å². The SMILES string of the molecule is Cc1ccnc(N2CCN(Cc3cnc(N)s3)CC2)c1.Cl. The fourth-order valence-corrected chi connectivity index (χ4v) is 3.17. The molecule has 0 bridgehead atoms. The van der Waals surface area contributed by atoms with Crippen LogP contribution in [0.25, 0.3) is 0 Å². The van der Waals surface area contributed by atoms with Crippen molar-refractivity contribution < 1.29 is 0 Å². The molecule has 7 heteroatoms. The lowest BCUT2D eigenvalue weighted by Gasteiger charge is -2.35. The number of piperazine rings is 1. The van der Waals surface area contributed by atoms with E-state index >= 15 is 0 Å². The third kappa shape index (κ3) is 4.06. The largest absolute Gasteiger partial charge is 0.375 e. The normalized spacial score (nSPS) is 15.8. The molecule has 2 N–H and O–H groups in total. The lowest BCUT2D eigenvalue weighted by atomic mass is 10.2. The zero-order valence-corrected chi connectivity index (χ0v) is 13.7. The van der Waals surface area contributed by atoms with Gasteiger partial charge in [-0.15, -0.1) is 23.7 Å². The molecule has 21 heavy (non-hydrogen) atoms. The number of nitrogens with zero attached hydrogens (tertiary/aromatic N) is 4. The van der Waals surface area contributed by atoms with E-state index < -0.39 is 0 Å². The van der Waals surface area contributed by atoms with Crippen molar-refractivity contribution in [2.24, 2.45) is 0 Å². The molecule has 3 heterocycles. The van der Waals surface area contributed by atoms with Crippen LogP contribution in [0.1, 0.15) is 10.4 Å². The average molecular weight is 326 g/mol. The molecule has 0 aromatic carbocycles. The maximum Gasteiger partial charge on any atom is 0.180 e. The standard InChI is InChI=1S/C14H19N5S.ClH/c1-11-2-3-16-13(8-11)19-6-4-18(5-7-19)10-12-9-17-14(15)20-12;/h2-3,8-9H,4-7,10H2,1H3,(H2,15,17);1H. The number of anilines is 2. The molecule has 0 aliphatic carbocycles. The molecular formula is C14H20ClN5S. The van der Waals surface area contributed by atoms with Gasteiger partial charge < -0.3 is 10.6 Å². The van der Waals surface area contributed by atoms with Gasteiger partial charge in [-0.2, -0.15) is 0 Å². The summed E-state index contributed by atoms with van der Waals surface area (Å²) in [6.07, 6.45) is 3.77. The Morgan fingerprint density at radius 2 is 2.00 bits per heavy atom. The minimum absolute atomic E-state index is 0. The van der Waals surface area contributed by atoms with Crippen LogP contribution in [0.5, 0.6) is 0 Å². The van der Waals surface area contributed by atoms with Gasteiger partial charge in [0.05, 0.1) is 0 Å². The Balaban J connectivity index is 0.00000161. The van der Waals surface area contributed by atoms with E-state index in [4.69, 9.17) is 5.73 Å². The molecule has 0 radical (unpaired) electrons. The highest BCUT2D eigenvalue weighted by molar-refractivity contribution is 7.15. The van der Waals surface area contributed by atoms with Crippen LogP contribution in [-0.4, -0.2) is 41.0 Å². The predicted octanol–water partition coefficient (Wildman–Crippen LogP) is 2.17. The second kappa shape index (κ2) is 7.06. The number of aromatic nitrogens is 2. The highest BCUT2D eigenvalue weighted by Gasteiger charge is 2.18. The summed E-state index contributed by atoms with van der Waals surface area (Å²) in [7, 11) is 0. The van der Waals surface area contributed by atoms with Crippen molar-refractivity contribution in [2.45, 2.75) is 13.5 Å². The third-order valence-corrected chi connectivity index (χ3v) is 4.36. The lowest BCUT2D eigenvalue weighted by molar-refractivity contribution is 0.251. The molecule has 0 unspecified atom stereocenters. The van der Waals surface area contributed by atoms with E-state index in [-0.39, 0.29) is 12.4 Å². The topological polar surface area (TPSA) is 58.3 Å². The van der Waals surface area contributed by atoms with Crippen molar-refractivity contribution in [3.05, 3.63) is 35.0 Å². The smallest absolute Gasteiger partial charge is 0.180 e. The first-order chi connectivity index (χ1) is 9.70. The summed E-state index contributed by atoms with van der Waals surface area (Å²) < 4.78 is 0. The zero-order valence-electron chi connectivity index (χ0n) is 12.0. The number of aryl methyl sites for hydroxylation is 1. The Labute approximate surface area is 135 Å². The molecule has 0 amide bonds. The van der Waals surface area contributed by atoms with Crippen molar-refractivity contribution in [1.29, 1.82) is 0 Å². The van der Waals surface area contributed by atoms with Crippen molar-refractivity contribution in [1.82, 2.24) is 14.9 Å². The molecule has 1 aliphatic heterocycles. The number of halogens is 1. The highest BCUT2D eigenvalue weighted by Crippen LogP contribution is 2.19. The Bertz CT molecular complexity index is 580. The van der Waals surface area contributed by atoms with E-state index in [0.717, 1.165) is 38.5 Å². The van der Waals surface area contributed by atoms with Gasteiger partial charge in [0, 0.05) is 50.0 Å². The predicted molar refractivity (Wildman–Crippen MR) is 90.2 cm³/mol. The summed E-state index contributed by atoms with van der Waals surface area (Å²) in [6.45, 7) is 7.19. The van der Waals surface area contributed by atoms with Gasteiger partial charge in [-0.1, -0.05) is 0 Å². The van der Waals surface area contributed by atoms with Crippen LogP contribution in [0.3, 0.4) is 0 Å². The van der Waals surface area contributed by atoms with Gasteiger partial charge >= 0.3 is 0 Å². The molecule has 1 fully saturated rings. The van der Waals surface area contributed by atoms with Crippen LogP contribution in [0.15, 0.2) is 24.5 Å². The first-order valence-electron chi connectivity index (χ1n) is 6.81. The molecule has 0 saturated carbocycles. The average Bonchev–Trinajstić information content (AvgIpc) is 2.85. The fraction of sp³-hybridized carbons (Fsp3) is 0.429. The molecule has 1 aliphatic rings. The molecular weight excluding hydrogens is 306 g/mol. The number of nitrogen functional groups attached to an aromatic ring is 1. The summed E-state index contributed by atoms with van der Waals surface area (Å²) in [4.78, 5) is 14.6. The van der Waals surface area contributed by atoms with Gasteiger partial charge in [0.15, 0.2) is 5.13 Å². The van der Waals surface area contributed by atoms with Crippen molar-refractivity contribution in [2.75, 3.05) is 36.8 Å². The highest BCUT2D eigenvalue weighted by atomic mass is 35.5. The summed E-state index contributed by atoms with van der Waals surface area (Å²) in [5.41, 5.74) is 6.93. The molecule has 0 spiro atoms. The van der Waals surface area contributed by atoms with E-state index in [2.05, 4.69) is 32.8 Å². The van der Waals surface area contributed by atoms with Gasteiger partial charge in [0.25, 0.3) is 0 Å². The zero-order chi connectivity index (χ0) is 13.9. The summed E-state index contributed by atoms with van der Waals surface area (Å²) in [5.74, 6) is 1.09. The number of nitrogens with two attached hydrogens (primary N) is 1. The molecule has 2 aromatic rings. The van der Waals surface area contributed by atoms with Crippen molar-refractivity contribution in [3.63, 3.8) is 0 Å². The second-order valence-electron chi connectivity index (χ2n) is 5.12. The van der Waals surface area contributed by atoms with E-state index in [0.29, 0.717) is 5.13 Å². The molecule has 1 saturated heterocycles. The number of rotatable bonds is 3. The first-order valence-corrected chi connectivity index (χ1v) is 7.62. The quantitative estimate of drug-likeness (QED) is 0.937. The molecule has 114 valence electrons. The van der Waals surface area contributed by atoms with Crippen molar-refractivity contribution in [3.8, 4) is 0 Å². The Hall–Kier alpha value is -1.37. The van der Waals surface area contributed by atoms with Gasteiger partial charge in [-0.25, -0.2) is 9.97 Å². The van der Waals surface area contributed by atoms with Crippen LogP contribution >= 0.6 is 23.7 Å². The lowest BCUT2D eigenvalue weighted by Crippen LogP contribution is -2.46. The van der Waals surface area contributed by atoms with Gasteiger partial charge in [0.2, 0.25) is 0 Å². The number of thiazole rings is 1. The molecule has 2 aromatic heterocycles. The second-order valence-corrected chi connectivity index (χ2v) is 6.27. The monoisotopic (exact) mass is 325 g/mol. The van der Waals surface area contributed by atoms with E-state index in [1.54, 1.807) is 11.3 Å². The summed E-state index contributed by atoms with van der Waals surface area (Å²) in [6, 6.07) is 4.19. The van der Waals surface area contributed by atoms with Crippen LogP contribution in [0.2, 0.25) is 0 Å². The fourth-order valence-electron chi connectivity index (χ4n) is 2.44. The van der Waals surface area contributed by atoms with Gasteiger partial charge in [-0.3, -0.25) is 4.90 Å². The van der Waals surface area contributed by atoms with E-state index in [1.807, 2.05) is 18.5 Å². The minimum Gasteiger partial charge on any atom is -0.375 e. The van der Waals surface area contributed by atoms with Crippen LogP contribution in [0.4, 0.5) is 10.9 Å². The van der Waals surface area contributed by atoms with Crippen LogP contribution in [0, 0.1) is 6.92 Å². The first kappa shape index (κ1) is 16.0. The molecule has 5 nitrogen and oxygen atoms in total. The maximum absolute atomic E-state index is 5.67. The van der Waals surface area contributed by atoms with Gasteiger partial charge in [-0.05, 0) is 24.6 Å². The Kier molecular flexibility index (Phi) is 5.39. The summed E-state index contributed by atoms with van der Waals surface area (Å²) in [5, 5.41) is 0.655. The molecule has 0 atom stereocenters. The Morgan fingerprint density at radius 3 is 2.62 bits per heavy atom. The Morgan fingerprint density at radius 1 is 1.24 bits per heavy atom. The summed E-state index contributed by atoms with van der Waals surface area (Å²) >= 11 is 1.58. The number of pyridine rings is 1. The van der Waals surface area contributed by atoms with Crippen LogP contribution < -0.4 is 10.6 Å². The number of hydrogen-bond acceptors (Lipinski definition) is 6. The van der Waals surface area contributed by atoms with E-state index in [1.165, 1.54) is 10.4 Å². The van der Waals surface area contributed by atoms with Crippen molar-refractivity contribution >= 4 is 34.7 Å². The molecule has 3 rings (SSSR count). The number of hydrogen-bond donors (Lipinski definition) is 1. The minimum atomic E-state index is 0. The third-order valence-electron chi connectivity index (χ3n) is 3.55. The maximum atomic E-state index is 5.67.